The van der Waals surface area contributed by atoms with Crippen molar-refractivity contribution in [3.05, 3.63) is 45.4 Å². The summed E-state index contributed by atoms with van der Waals surface area (Å²) in [6.45, 7) is 2.98. The Morgan fingerprint density at radius 3 is 2.34 bits per heavy atom. The number of amides is 2. The highest BCUT2D eigenvalue weighted by Gasteiger charge is 2.58. The molecule has 1 aromatic carbocycles. The van der Waals surface area contributed by atoms with Crippen LogP contribution in [0.3, 0.4) is 0 Å². The summed E-state index contributed by atoms with van der Waals surface area (Å²) in [6, 6.07) is 7.32. The normalized spacial score (nSPS) is 16.6. The van der Waals surface area contributed by atoms with Gasteiger partial charge >= 0.3 is 6.18 Å². The van der Waals surface area contributed by atoms with Crippen molar-refractivity contribution in [1.82, 2.24) is 15.2 Å². The average Bonchev–Trinajstić information content (AvgIpc) is 3.19. The first-order chi connectivity index (χ1) is 15.0. The van der Waals surface area contributed by atoms with Crippen LogP contribution in [0.5, 0.6) is 0 Å². The molecule has 0 saturated carbocycles. The molecule has 0 bridgehead atoms. The molecule has 2 heterocycles. The number of hydrogen-bond donors (Lipinski definition) is 2. The third kappa shape index (κ3) is 5.51. The van der Waals surface area contributed by atoms with E-state index in [9.17, 15) is 27.9 Å². The van der Waals surface area contributed by atoms with Crippen molar-refractivity contribution in [1.29, 1.82) is 0 Å². The van der Waals surface area contributed by atoms with E-state index in [1.54, 1.807) is 12.1 Å². The van der Waals surface area contributed by atoms with E-state index < -0.39 is 41.6 Å². The number of piperazine rings is 1. The minimum Gasteiger partial charge on any atom is -0.374 e. The molecule has 0 radical (unpaired) electrons. The SMILES string of the molecule is Cc1csc(C(O)(CC(=O)NCC(=O)N2CCN(c3ccc(Cl)cc3)CC2)C(F)(F)F)n1. The summed E-state index contributed by atoms with van der Waals surface area (Å²) in [5.74, 6) is -1.50. The Bertz CT molecular complexity index is 962. The first-order valence-corrected chi connectivity index (χ1v) is 11.0. The van der Waals surface area contributed by atoms with Gasteiger partial charge in [0, 0.05) is 48.0 Å². The van der Waals surface area contributed by atoms with Crippen molar-refractivity contribution in [3.63, 3.8) is 0 Å². The summed E-state index contributed by atoms with van der Waals surface area (Å²) < 4.78 is 40.5. The molecule has 3 rings (SSSR count). The van der Waals surface area contributed by atoms with Crippen LogP contribution in [0.25, 0.3) is 0 Å². The lowest BCUT2D eigenvalue weighted by Gasteiger charge is -2.36. The molecule has 1 aromatic heterocycles. The van der Waals surface area contributed by atoms with Crippen molar-refractivity contribution in [2.24, 2.45) is 0 Å². The van der Waals surface area contributed by atoms with E-state index in [1.165, 1.54) is 17.2 Å². The molecular formula is C20H22ClF3N4O3S. The van der Waals surface area contributed by atoms with Crippen LogP contribution in [0.2, 0.25) is 5.02 Å². The third-order valence-electron chi connectivity index (χ3n) is 5.12. The van der Waals surface area contributed by atoms with Crippen LogP contribution < -0.4 is 10.2 Å². The second-order valence-corrected chi connectivity index (χ2v) is 8.74. The van der Waals surface area contributed by atoms with Gasteiger partial charge in [0.1, 0.15) is 5.01 Å². The predicted octanol–water partition coefficient (Wildman–Crippen LogP) is 2.71. The molecule has 2 N–H and O–H groups in total. The van der Waals surface area contributed by atoms with Crippen LogP contribution in [-0.4, -0.2) is 65.7 Å². The van der Waals surface area contributed by atoms with Crippen LogP contribution in [-0.2, 0) is 15.2 Å². The van der Waals surface area contributed by atoms with Gasteiger partial charge < -0.3 is 20.2 Å². The van der Waals surface area contributed by atoms with Gasteiger partial charge in [-0.3, -0.25) is 9.59 Å². The highest BCUT2D eigenvalue weighted by Crippen LogP contribution is 2.42. The van der Waals surface area contributed by atoms with Gasteiger partial charge in [-0.1, -0.05) is 11.6 Å². The van der Waals surface area contributed by atoms with Gasteiger partial charge in [-0.05, 0) is 31.2 Å². The molecule has 0 aliphatic carbocycles. The molecule has 0 spiro atoms. The highest BCUT2D eigenvalue weighted by atomic mass is 35.5. The molecular weight excluding hydrogens is 469 g/mol. The van der Waals surface area contributed by atoms with Crippen molar-refractivity contribution in [3.8, 4) is 0 Å². The summed E-state index contributed by atoms with van der Waals surface area (Å²) in [5, 5.41) is 13.8. The lowest BCUT2D eigenvalue weighted by molar-refractivity contribution is -0.267. The molecule has 32 heavy (non-hydrogen) atoms. The van der Waals surface area contributed by atoms with E-state index in [-0.39, 0.29) is 0 Å². The van der Waals surface area contributed by atoms with Gasteiger partial charge in [-0.15, -0.1) is 11.3 Å². The Hall–Kier alpha value is -2.37. The van der Waals surface area contributed by atoms with E-state index in [1.807, 2.05) is 12.1 Å². The van der Waals surface area contributed by atoms with Crippen LogP contribution in [0, 0.1) is 6.92 Å². The molecule has 1 aliphatic rings. The number of aliphatic hydroxyl groups is 1. The maximum atomic E-state index is 13.5. The Balaban J connectivity index is 1.52. The first-order valence-electron chi connectivity index (χ1n) is 9.76. The van der Waals surface area contributed by atoms with Crippen molar-refractivity contribution in [2.45, 2.75) is 25.1 Å². The number of rotatable bonds is 6. The molecule has 2 aromatic rings. The summed E-state index contributed by atoms with van der Waals surface area (Å²) >= 11 is 6.51. The molecule has 1 unspecified atom stereocenters. The Labute approximate surface area is 191 Å². The van der Waals surface area contributed by atoms with Crippen LogP contribution in [0.15, 0.2) is 29.6 Å². The van der Waals surface area contributed by atoms with E-state index in [2.05, 4.69) is 15.2 Å². The monoisotopic (exact) mass is 490 g/mol. The summed E-state index contributed by atoms with van der Waals surface area (Å²) in [6.07, 6.45) is -6.38. The average molecular weight is 491 g/mol. The van der Waals surface area contributed by atoms with Gasteiger partial charge in [0.2, 0.25) is 17.4 Å². The van der Waals surface area contributed by atoms with E-state index in [0.29, 0.717) is 48.2 Å². The number of carbonyl (C=O) groups is 2. The predicted molar refractivity (Wildman–Crippen MR) is 115 cm³/mol. The highest BCUT2D eigenvalue weighted by molar-refractivity contribution is 7.09. The summed E-state index contributed by atoms with van der Waals surface area (Å²) in [4.78, 5) is 31.9. The zero-order valence-electron chi connectivity index (χ0n) is 17.2. The number of anilines is 1. The fourth-order valence-electron chi connectivity index (χ4n) is 3.29. The number of nitrogens with one attached hydrogen (secondary N) is 1. The lowest BCUT2D eigenvalue weighted by atomic mass is 9.99. The number of alkyl halides is 3. The first kappa shape index (κ1) is 24.3. The van der Waals surface area contributed by atoms with Gasteiger partial charge in [-0.25, -0.2) is 4.98 Å². The van der Waals surface area contributed by atoms with Gasteiger partial charge in [-0.2, -0.15) is 13.2 Å². The molecule has 174 valence electrons. The fourth-order valence-corrected chi connectivity index (χ4v) is 4.33. The van der Waals surface area contributed by atoms with Gasteiger partial charge in [0.05, 0.1) is 13.0 Å². The largest absolute Gasteiger partial charge is 0.424 e. The van der Waals surface area contributed by atoms with Crippen molar-refractivity contribution < 1.29 is 27.9 Å². The number of halogens is 4. The maximum absolute atomic E-state index is 13.5. The van der Waals surface area contributed by atoms with Crippen LogP contribution >= 0.6 is 22.9 Å². The number of thiazole rings is 1. The molecule has 1 fully saturated rings. The molecule has 1 atom stereocenters. The fraction of sp³-hybridized carbons (Fsp3) is 0.450. The minimum atomic E-state index is -5.10. The van der Waals surface area contributed by atoms with E-state index >= 15 is 0 Å². The zero-order chi connectivity index (χ0) is 23.5. The van der Waals surface area contributed by atoms with E-state index in [0.717, 1.165) is 5.69 Å². The summed E-state index contributed by atoms with van der Waals surface area (Å²) in [7, 11) is 0. The van der Waals surface area contributed by atoms with Crippen molar-refractivity contribution >= 4 is 40.4 Å². The van der Waals surface area contributed by atoms with Crippen molar-refractivity contribution in [2.75, 3.05) is 37.6 Å². The van der Waals surface area contributed by atoms with E-state index in [4.69, 9.17) is 11.6 Å². The van der Waals surface area contributed by atoms with Crippen LogP contribution in [0.1, 0.15) is 17.1 Å². The van der Waals surface area contributed by atoms with Gasteiger partial charge in [0.25, 0.3) is 0 Å². The second kappa shape index (κ2) is 9.63. The third-order valence-corrected chi connectivity index (χ3v) is 6.48. The van der Waals surface area contributed by atoms with Gasteiger partial charge in [0.15, 0.2) is 0 Å². The zero-order valence-corrected chi connectivity index (χ0v) is 18.7. The molecule has 1 aliphatic heterocycles. The minimum absolute atomic E-state index is 0.306. The number of benzene rings is 1. The topological polar surface area (TPSA) is 85.8 Å². The maximum Gasteiger partial charge on any atom is 0.424 e. The Morgan fingerprint density at radius 2 is 1.81 bits per heavy atom. The summed E-state index contributed by atoms with van der Waals surface area (Å²) in [5.41, 5.74) is -2.14. The molecule has 1 saturated heterocycles. The number of aromatic nitrogens is 1. The number of carbonyl (C=O) groups excluding carboxylic acids is 2. The smallest absolute Gasteiger partial charge is 0.374 e. The Morgan fingerprint density at radius 1 is 1.19 bits per heavy atom. The standard InChI is InChI=1S/C20H22ClF3N4O3S/c1-13-12-32-18(26-13)19(31,20(22,23)24)10-16(29)25-11-17(30)28-8-6-27(7-9-28)15-4-2-14(21)3-5-15/h2-5,12,31H,6-11H2,1H3,(H,25,29). The number of nitrogens with zero attached hydrogens (tertiary/aromatic N) is 3. The second-order valence-electron chi connectivity index (χ2n) is 7.45. The molecule has 7 nitrogen and oxygen atoms in total. The lowest BCUT2D eigenvalue weighted by Crippen LogP contribution is -2.52. The van der Waals surface area contributed by atoms with Crippen LogP contribution in [0.4, 0.5) is 18.9 Å². The number of aryl methyl sites for hydroxylation is 1. The quantitative estimate of drug-likeness (QED) is 0.650. The molecule has 12 heteroatoms. The number of hydrogen-bond acceptors (Lipinski definition) is 6. The Kier molecular flexibility index (Phi) is 7.31. The molecule has 2 amide bonds.